The van der Waals surface area contributed by atoms with Gasteiger partial charge in [-0.3, -0.25) is 19.6 Å². The Kier molecular flexibility index (Phi) is 7.48. The van der Waals surface area contributed by atoms with Gasteiger partial charge in [0.15, 0.2) is 5.82 Å². The van der Waals surface area contributed by atoms with E-state index in [0.717, 1.165) is 6.07 Å². The molecule has 0 spiro atoms. The highest BCUT2D eigenvalue weighted by molar-refractivity contribution is 6.37. The number of aliphatic hydroxyl groups is 1. The SMILES string of the molecule is O=C(NCCC1CC(=O)C(c2c(Cl)cc(-c3ncc(Cl)cc3F)cc2Cl)C1O)c1ccccn1. The summed E-state index contributed by atoms with van der Waals surface area (Å²) in [5, 5.41) is 14.1. The van der Waals surface area contributed by atoms with E-state index in [1.807, 2.05) is 0 Å². The molecule has 1 fully saturated rings. The zero-order valence-corrected chi connectivity index (χ0v) is 19.9. The largest absolute Gasteiger partial charge is 0.392 e. The highest BCUT2D eigenvalue weighted by Gasteiger charge is 2.43. The zero-order valence-electron chi connectivity index (χ0n) is 17.6. The Bertz CT molecular complexity index is 1220. The third-order valence-electron chi connectivity index (χ3n) is 5.80. The van der Waals surface area contributed by atoms with Crippen LogP contribution in [0.2, 0.25) is 15.1 Å². The number of halogens is 4. The summed E-state index contributed by atoms with van der Waals surface area (Å²) in [4.78, 5) is 32.9. The lowest BCUT2D eigenvalue weighted by atomic mass is 9.90. The molecule has 1 aliphatic rings. The number of hydrogen-bond donors (Lipinski definition) is 2. The number of amides is 1. The van der Waals surface area contributed by atoms with Gasteiger partial charge in [0, 0.05) is 46.5 Å². The fraction of sp³-hybridized carbons (Fsp3) is 0.250. The fourth-order valence-corrected chi connectivity index (χ4v) is 5.04. The summed E-state index contributed by atoms with van der Waals surface area (Å²) >= 11 is 18.7. The van der Waals surface area contributed by atoms with Crippen molar-refractivity contribution in [3.05, 3.63) is 80.9 Å². The van der Waals surface area contributed by atoms with E-state index in [-0.39, 0.29) is 57.0 Å². The number of benzene rings is 1. The Labute approximate surface area is 210 Å². The second-order valence-corrected chi connectivity index (χ2v) is 9.25. The molecule has 0 aliphatic heterocycles. The number of nitrogens with one attached hydrogen (secondary N) is 1. The highest BCUT2D eigenvalue weighted by Crippen LogP contribution is 2.44. The molecule has 176 valence electrons. The molecule has 34 heavy (non-hydrogen) atoms. The van der Waals surface area contributed by atoms with Gasteiger partial charge >= 0.3 is 0 Å². The predicted molar refractivity (Wildman–Crippen MR) is 128 cm³/mol. The number of nitrogens with zero attached hydrogens (tertiary/aromatic N) is 2. The van der Waals surface area contributed by atoms with Gasteiger partial charge in [-0.05, 0) is 42.7 Å². The fourth-order valence-electron chi connectivity index (χ4n) is 4.18. The van der Waals surface area contributed by atoms with Crippen LogP contribution in [0, 0.1) is 11.7 Å². The first kappa shape index (κ1) is 24.5. The summed E-state index contributed by atoms with van der Waals surface area (Å²) in [6, 6.07) is 9.06. The van der Waals surface area contributed by atoms with Crippen molar-refractivity contribution in [3.63, 3.8) is 0 Å². The van der Waals surface area contributed by atoms with Gasteiger partial charge in [-0.25, -0.2) is 4.39 Å². The molecule has 10 heteroatoms. The van der Waals surface area contributed by atoms with Gasteiger partial charge in [-0.1, -0.05) is 40.9 Å². The number of rotatable bonds is 6. The summed E-state index contributed by atoms with van der Waals surface area (Å²) in [6.45, 7) is 0.263. The summed E-state index contributed by atoms with van der Waals surface area (Å²) in [5.41, 5.74) is 0.911. The molecule has 3 atom stereocenters. The minimum Gasteiger partial charge on any atom is -0.392 e. The lowest BCUT2D eigenvalue weighted by molar-refractivity contribution is -0.119. The van der Waals surface area contributed by atoms with Crippen LogP contribution >= 0.6 is 34.8 Å². The minimum atomic E-state index is -1.04. The minimum absolute atomic E-state index is 0.0135. The molecule has 0 bridgehead atoms. The summed E-state index contributed by atoms with van der Waals surface area (Å²) in [5.74, 6) is -2.49. The maximum absolute atomic E-state index is 14.3. The molecule has 4 rings (SSSR count). The molecule has 1 amide bonds. The molecule has 6 nitrogen and oxygen atoms in total. The van der Waals surface area contributed by atoms with Gasteiger partial charge < -0.3 is 10.4 Å². The van der Waals surface area contributed by atoms with E-state index in [4.69, 9.17) is 34.8 Å². The van der Waals surface area contributed by atoms with Crippen LogP contribution < -0.4 is 5.32 Å². The quantitative estimate of drug-likeness (QED) is 0.470. The van der Waals surface area contributed by atoms with Crippen molar-refractivity contribution in [1.82, 2.24) is 15.3 Å². The van der Waals surface area contributed by atoms with Gasteiger partial charge in [-0.2, -0.15) is 0 Å². The summed E-state index contributed by atoms with van der Waals surface area (Å²) < 4.78 is 14.3. The van der Waals surface area contributed by atoms with Gasteiger partial charge in [0.05, 0.1) is 17.0 Å². The molecule has 3 unspecified atom stereocenters. The van der Waals surface area contributed by atoms with Crippen molar-refractivity contribution in [2.45, 2.75) is 24.9 Å². The Balaban J connectivity index is 1.48. The van der Waals surface area contributed by atoms with E-state index in [1.54, 1.807) is 18.2 Å². The number of ketones is 1. The molecule has 1 aromatic carbocycles. The van der Waals surface area contributed by atoms with Gasteiger partial charge in [-0.15, -0.1) is 0 Å². The van der Waals surface area contributed by atoms with E-state index < -0.39 is 17.8 Å². The van der Waals surface area contributed by atoms with Crippen molar-refractivity contribution in [1.29, 1.82) is 0 Å². The first-order valence-corrected chi connectivity index (χ1v) is 11.6. The number of pyridine rings is 2. The van der Waals surface area contributed by atoms with Crippen molar-refractivity contribution in [2.24, 2.45) is 5.92 Å². The third-order valence-corrected chi connectivity index (χ3v) is 6.64. The second-order valence-electron chi connectivity index (χ2n) is 8.00. The topological polar surface area (TPSA) is 92.2 Å². The van der Waals surface area contributed by atoms with Crippen LogP contribution in [0.4, 0.5) is 4.39 Å². The first-order valence-electron chi connectivity index (χ1n) is 10.5. The Morgan fingerprint density at radius 2 is 1.88 bits per heavy atom. The van der Waals surface area contributed by atoms with E-state index in [2.05, 4.69) is 15.3 Å². The zero-order chi connectivity index (χ0) is 24.4. The van der Waals surface area contributed by atoms with Crippen LogP contribution in [0.3, 0.4) is 0 Å². The molecule has 0 radical (unpaired) electrons. The van der Waals surface area contributed by atoms with Crippen LogP contribution in [-0.4, -0.2) is 39.4 Å². The third kappa shape index (κ3) is 5.08. The lowest BCUT2D eigenvalue weighted by Crippen LogP contribution is -2.29. The standard InChI is InChI=1S/C24H19Cl3FN3O3/c25-14-10-17(28)22(31-11-14)13-7-15(26)20(16(27)8-13)21-19(32)9-12(23(21)33)4-6-30-24(34)18-3-1-2-5-29-18/h1-3,5,7-8,10-12,21,23,33H,4,6,9H2,(H,30,34). The Morgan fingerprint density at radius 1 is 1.15 bits per heavy atom. The Hall–Kier alpha value is -2.58. The molecule has 1 saturated carbocycles. The molecule has 2 heterocycles. The molecule has 2 aromatic heterocycles. The van der Waals surface area contributed by atoms with Crippen LogP contribution in [0.1, 0.15) is 34.8 Å². The van der Waals surface area contributed by atoms with Crippen molar-refractivity contribution in [3.8, 4) is 11.3 Å². The van der Waals surface area contributed by atoms with Crippen LogP contribution in [0.5, 0.6) is 0 Å². The molecule has 3 aromatic rings. The average Bonchev–Trinajstić information content (AvgIpc) is 3.07. The normalized spacial score (nSPS) is 19.9. The van der Waals surface area contributed by atoms with Crippen molar-refractivity contribution < 1.29 is 19.1 Å². The maximum Gasteiger partial charge on any atom is 0.269 e. The number of hydrogen-bond acceptors (Lipinski definition) is 5. The van der Waals surface area contributed by atoms with Crippen LogP contribution in [-0.2, 0) is 4.79 Å². The summed E-state index contributed by atoms with van der Waals surface area (Å²) in [7, 11) is 0. The molecular weight excluding hydrogens is 504 g/mol. The molecule has 1 aliphatic carbocycles. The number of carbonyl (C=O) groups is 2. The number of carbonyl (C=O) groups excluding carboxylic acids is 2. The van der Waals surface area contributed by atoms with E-state index >= 15 is 0 Å². The van der Waals surface area contributed by atoms with Gasteiger partial charge in [0.1, 0.15) is 17.2 Å². The Morgan fingerprint density at radius 3 is 2.53 bits per heavy atom. The van der Waals surface area contributed by atoms with Gasteiger partial charge in [0.2, 0.25) is 0 Å². The molecule has 2 N–H and O–H groups in total. The van der Waals surface area contributed by atoms with Gasteiger partial charge in [0.25, 0.3) is 5.91 Å². The predicted octanol–water partition coefficient (Wildman–Crippen LogP) is 5.10. The second kappa shape index (κ2) is 10.4. The van der Waals surface area contributed by atoms with E-state index in [9.17, 15) is 19.1 Å². The van der Waals surface area contributed by atoms with E-state index in [1.165, 1.54) is 24.5 Å². The first-order chi connectivity index (χ1) is 16.3. The van der Waals surface area contributed by atoms with Crippen molar-refractivity contribution >= 4 is 46.5 Å². The number of aromatic nitrogens is 2. The number of Topliss-reactive ketones (excluding diaryl/α,β-unsaturated/α-hetero) is 1. The van der Waals surface area contributed by atoms with Crippen molar-refractivity contribution in [2.75, 3.05) is 6.54 Å². The molecule has 0 saturated heterocycles. The highest BCUT2D eigenvalue weighted by atomic mass is 35.5. The maximum atomic E-state index is 14.3. The monoisotopic (exact) mass is 521 g/mol. The summed E-state index contributed by atoms with van der Waals surface area (Å²) in [6.07, 6.45) is 2.29. The molecular formula is C24H19Cl3FN3O3. The van der Waals surface area contributed by atoms with E-state index in [0.29, 0.717) is 17.5 Å². The smallest absolute Gasteiger partial charge is 0.269 e. The van der Waals surface area contributed by atoms with Crippen LogP contribution in [0.15, 0.2) is 48.8 Å². The average molecular weight is 523 g/mol. The number of aliphatic hydroxyl groups excluding tert-OH is 1. The lowest BCUT2D eigenvalue weighted by Gasteiger charge is -2.21. The van der Waals surface area contributed by atoms with Crippen LogP contribution in [0.25, 0.3) is 11.3 Å².